The lowest BCUT2D eigenvalue weighted by Gasteiger charge is -2.21. The van der Waals surface area contributed by atoms with Gasteiger partial charge in [0.1, 0.15) is 19.3 Å². The van der Waals surface area contributed by atoms with Crippen molar-refractivity contribution in [2.24, 2.45) is 0 Å². The van der Waals surface area contributed by atoms with Crippen LogP contribution in [0.25, 0.3) is 0 Å². The van der Waals surface area contributed by atoms with Crippen LogP contribution in [0.5, 0.6) is 0 Å². The number of carbonyl (C=O) groups excluding carboxylic acids is 4. The van der Waals surface area contributed by atoms with Crippen molar-refractivity contribution < 1.29 is 80.2 Å². The Morgan fingerprint density at radius 3 is 0.804 bits per heavy atom. The minimum atomic E-state index is -5.01. The van der Waals surface area contributed by atoms with Crippen molar-refractivity contribution in [3.8, 4) is 0 Å². The van der Waals surface area contributed by atoms with E-state index in [1.165, 1.54) is 57.8 Å². The number of carbonyl (C=O) groups is 4. The number of unbranched alkanes of at least 4 members (excludes halogenated alkanes) is 23. The number of hydrogen-bond donors (Lipinski definition) is 3. The second-order valence-corrected chi connectivity index (χ2v) is 30.9. The molecule has 5 atom stereocenters. The highest BCUT2D eigenvalue weighted by atomic mass is 31.2. The lowest BCUT2D eigenvalue weighted by molar-refractivity contribution is -0.161. The van der Waals surface area contributed by atoms with Crippen molar-refractivity contribution in [2.75, 3.05) is 39.6 Å². The van der Waals surface area contributed by atoms with Crippen molar-refractivity contribution in [3.63, 3.8) is 0 Å². The molecular formula is C93H152O17P2. The summed E-state index contributed by atoms with van der Waals surface area (Å²) in [6.45, 7) is 4.48. The quantitative estimate of drug-likeness (QED) is 0.0169. The molecular weight excluding hydrogens is 1450 g/mol. The number of phosphoric ester groups is 2. The van der Waals surface area contributed by atoms with Gasteiger partial charge in [0, 0.05) is 25.7 Å². The zero-order chi connectivity index (χ0) is 81.7. The first-order valence-electron chi connectivity index (χ1n) is 43.0. The fraction of sp³-hybridized carbons (Fsp3) is 0.634. The number of allylic oxidation sites excluding steroid dienone is 30. The van der Waals surface area contributed by atoms with Gasteiger partial charge in [-0.15, -0.1) is 0 Å². The van der Waals surface area contributed by atoms with E-state index in [1.54, 1.807) is 0 Å². The van der Waals surface area contributed by atoms with Gasteiger partial charge >= 0.3 is 39.5 Å². The Morgan fingerprint density at radius 2 is 0.482 bits per heavy atom. The van der Waals surface area contributed by atoms with E-state index >= 15 is 0 Å². The van der Waals surface area contributed by atoms with Crippen LogP contribution < -0.4 is 0 Å². The minimum absolute atomic E-state index is 0.0263. The predicted octanol–water partition coefficient (Wildman–Crippen LogP) is 25.9. The summed E-state index contributed by atoms with van der Waals surface area (Å²) in [5.74, 6) is -2.34. The summed E-state index contributed by atoms with van der Waals surface area (Å²) in [4.78, 5) is 73.3. The molecule has 5 unspecified atom stereocenters. The molecule has 0 aliphatic heterocycles. The van der Waals surface area contributed by atoms with Crippen LogP contribution in [0.3, 0.4) is 0 Å². The Balaban J connectivity index is 5.51. The smallest absolute Gasteiger partial charge is 0.462 e. The molecule has 0 rings (SSSR count). The molecule has 0 aromatic rings. The van der Waals surface area contributed by atoms with Gasteiger partial charge in [-0.2, -0.15) is 0 Å². The molecule has 0 saturated heterocycles. The maximum Gasteiger partial charge on any atom is 0.472 e. The Morgan fingerprint density at radius 1 is 0.259 bits per heavy atom. The largest absolute Gasteiger partial charge is 0.472 e. The zero-order valence-electron chi connectivity index (χ0n) is 69.8. The summed E-state index contributed by atoms with van der Waals surface area (Å²) in [6.07, 6.45) is 101. The fourth-order valence-corrected chi connectivity index (χ4v) is 12.4. The van der Waals surface area contributed by atoms with Crippen LogP contribution in [-0.4, -0.2) is 96.7 Å². The van der Waals surface area contributed by atoms with E-state index in [0.29, 0.717) is 32.1 Å². The van der Waals surface area contributed by atoms with E-state index < -0.39 is 97.5 Å². The van der Waals surface area contributed by atoms with Gasteiger partial charge in [-0.1, -0.05) is 306 Å². The number of aliphatic hydroxyl groups excluding tert-OH is 1. The minimum Gasteiger partial charge on any atom is -0.462 e. The summed E-state index contributed by atoms with van der Waals surface area (Å²) in [7, 11) is -10.0. The molecule has 3 N–H and O–H groups in total. The van der Waals surface area contributed by atoms with Gasteiger partial charge in [-0.05, 0) is 173 Å². The highest BCUT2D eigenvalue weighted by Crippen LogP contribution is 2.45. The van der Waals surface area contributed by atoms with Gasteiger partial charge in [0.05, 0.1) is 26.4 Å². The molecule has 0 fully saturated rings. The number of phosphoric acid groups is 2. The second kappa shape index (κ2) is 83.1. The standard InChI is InChI=1S/C93H152O17P2/c1-5-9-13-17-21-25-29-33-37-40-43-46-50-53-57-61-65-69-73-77-90(95)103-83-88(109-92(97)79-75-71-67-63-59-55-49-36-32-28-24-20-16-12-8-4)85-107-111(99,100)105-81-87(94)82-106-112(101,102)108-86-89(110-93(98)80-76-72-68-64-60-56-52-48-45-42-39-35-31-27-23-19-15-11-7-3)84-104-91(96)78-74-70-66-62-58-54-51-47-44-41-38-34-30-26-22-18-14-10-6-2/h9-10,13-14,21-23,25-27,33-39,43-49,53-54,57-58,66,70,87-89,94H,5-8,11-12,15-20,24,28-32,40-42,50-52,55-56,59-65,67-69,71-86H2,1-4H3,(H,99,100)(H,101,102)/b13-9-,14-10-,25-21-,26-22-,27-23-,37-33-,38-34-,39-35-,46-43-,47-44-,48-45-,49-36-,57-53-,58-54-,70-66-. The van der Waals surface area contributed by atoms with Crippen molar-refractivity contribution in [2.45, 2.75) is 341 Å². The SMILES string of the molecule is CC/C=C\C/C=C\C/C=C\C/C=C\C/C=C\C/C=C\CCC(=O)OCC(COP(=O)(O)OCC(O)COP(=O)(O)OCC(COC(=O)CCCCC/C=C\C/C=C\C/C=C\C/C=C\C/C=C\CC)OC(=O)CCCCCCC/C=C\CCCCCCCC)OC(=O)CCCCCCCC/C=C\C/C=C\C/C=C\CCCCC. The third-order valence-electron chi connectivity index (χ3n) is 17.3. The van der Waals surface area contributed by atoms with Crippen molar-refractivity contribution in [3.05, 3.63) is 182 Å². The van der Waals surface area contributed by atoms with E-state index in [0.717, 1.165) is 180 Å². The number of ether oxygens (including phenoxy) is 4. The highest BCUT2D eigenvalue weighted by Gasteiger charge is 2.30. The maximum absolute atomic E-state index is 13.1. The van der Waals surface area contributed by atoms with E-state index in [9.17, 15) is 43.2 Å². The lowest BCUT2D eigenvalue weighted by Crippen LogP contribution is -2.30. The maximum atomic E-state index is 13.1. The number of esters is 4. The monoisotopic (exact) mass is 1600 g/mol. The molecule has 0 aliphatic carbocycles. The third kappa shape index (κ3) is 82.2. The van der Waals surface area contributed by atoms with Gasteiger partial charge in [0.25, 0.3) is 0 Å². The molecule has 19 heteroatoms. The van der Waals surface area contributed by atoms with Gasteiger partial charge in [0.2, 0.25) is 0 Å². The Hall–Kier alpha value is -5.84. The molecule has 0 saturated carbocycles. The molecule has 112 heavy (non-hydrogen) atoms. The van der Waals surface area contributed by atoms with Crippen LogP contribution in [0.1, 0.15) is 323 Å². The summed E-state index contributed by atoms with van der Waals surface area (Å²) in [5.41, 5.74) is 0. The average molecular weight is 1600 g/mol. The van der Waals surface area contributed by atoms with Crippen LogP contribution in [0.2, 0.25) is 0 Å². The first-order chi connectivity index (χ1) is 54.7. The van der Waals surface area contributed by atoms with Gasteiger partial charge < -0.3 is 33.8 Å². The molecule has 0 aromatic carbocycles. The molecule has 17 nitrogen and oxygen atoms in total. The summed E-state index contributed by atoms with van der Waals surface area (Å²) >= 11 is 0. The molecule has 0 heterocycles. The predicted molar refractivity (Wildman–Crippen MR) is 463 cm³/mol. The number of hydrogen-bond acceptors (Lipinski definition) is 15. The normalized spacial score (nSPS) is 14.7. The fourth-order valence-electron chi connectivity index (χ4n) is 10.9. The Bertz CT molecular complexity index is 2840. The van der Waals surface area contributed by atoms with Gasteiger partial charge in [-0.3, -0.25) is 37.3 Å². The lowest BCUT2D eigenvalue weighted by atomic mass is 10.1. The van der Waals surface area contributed by atoms with Crippen LogP contribution in [-0.2, 0) is 65.4 Å². The Labute approximate surface area is 679 Å². The van der Waals surface area contributed by atoms with Crippen LogP contribution >= 0.6 is 15.6 Å². The molecule has 0 radical (unpaired) electrons. The number of aliphatic hydroxyl groups is 1. The van der Waals surface area contributed by atoms with E-state index in [2.05, 4.69) is 192 Å². The summed E-state index contributed by atoms with van der Waals surface area (Å²) in [5, 5.41) is 10.7. The molecule has 0 aliphatic rings. The zero-order valence-corrected chi connectivity index (χ0v) is 71.6. The van der Waals surface area contributed by atoms with Crippen molar-refractivity contribution in [1.82, 2.24) is 0 Å². The van der Waals surface area contributed by atoms with E-state index in [4.69, 9.17) is 37.0 Å². The summed E-state index contributed by atoms with van der Waals surface area (Å²) in [6, 6.07) is 0. The van der Waals surface area contributed by atoms with Gasteiger partial charge in [0.15, 0.2) is 12.2 Å². The third-order valence-corrected chi connectivity index (χ3v) is 19.2. The first-order valence-corrected chi connectivity index (χ1v) is 46.0. The highest BCUT2D eigenvalue weighted by molar-refractivity contribution is 7.47. The van der Waals surface area contributed by atoms with Gasteiger partial charge in [-0.25, -0.2) is 9.13 Å². The molecule has 0 aromatic heterocycles. The van der Waals surface area contributed by atoms with Crippen LogP contribution in [0.4, 0.5) is 0 Å². The van der Waals surface area contributed by atoms with Crippen molar-refractivity contribution >= 4 is 39.5 Å². The average Bonchev–Trinajstić information content (AvgIpc) is 0.898. The number of rotatable bonds is 79. The molecule has 0 amide bonds. The second-order valence-electron chi connectivity index (χ2n) is 28.0. The Kier molecular flexibility index (Phi) is 78.8. The molecule has 0 bridgehead atoms. The van der Waals surface area contributed by atoms with Crippen molar-refractivity contribution in [1.29, 1.82) is 0 Å². The summed E-state index contributed by atoms with van der Waals surface area (Å²) < 4.78 is 68.7. The van der Waals surface area contributed by atoms with Crippen LogP contribution in [0, 0.1) is 0 Å². The van der Waals surface area contributed by atoms with E-state index in [-0.39, 0.29) is 25.7 Å². The molecule has 0 spiro atoms. The van der Waals surface area contributed by atoms with Crippen LogP contribution in [0.15, 0.2) is 182 Å². The molecule has 636 valence electrons. The topological polar surface area (TPSA) is 237 Å². The first kappa shape index (κ1) is 106. The van der Waals surface area contributed by atoms with E-state index in [1.807, 2.05) is 18.2 Å².